The maximum absolute atomic E-state index is 11.2. The molecule has 0 bridgehead atoms. The molecule has 1 aliphatic rings. The molecule has 0 aromatic carbocycles. The van der Waals surface area contributed by atoms with Crippen LogP contribution in [0.1, 0.15) is 19.8 Å². The highest BCUT2D eigenvalue weighted by Gasteiger charge is 2.20. The lowest BCUT2D eigenvalue weighted by Gasteiger charge is -2.16. The van der Waals surface area contributed by atoms with Crippen molar-refractivity contribution in [2.45, 2.75) is 25.9 Å². The minimum absolute atomic E-state index is 0.368. The number of carbonyl (C=O) groups is 2. The molecule has 1 aliphatic heterocycles. The fraction of sp³-hybridized carbons (Fsp3) is 0.750. The Kier molecular flexibility index (Phi) is 3.08. The van der Waals surface area contributed by atoms with E-state index in [1.807, 2.05) is 0 Å². The monoisotopic (exact) mass is 171 g/mol. The van der Waals surface area contributed by atoms with Crippen LogP contribution in [0.2, 0.25) is 0 Å². The van der Waals surface area contributed by atoms with Crippen LogP contribution >= 0.6 is 0 Å². The first-order chi connectivity index (χ1) is 5.74. The molecule has 1 heterocycles. The van der Waals surface area contributed by atoms with Crippen LogP contribution in [0.15, 0.2) is 0 Å². The van der Waals surface area contributed by atoms with Gasteiger partial charge in [0.1, 0.15) is 0 Å². The summed E-state index contributed by atoms with van der Waals surface area (Å²) in [6.45, 7) is 3.07. The second-order valence-corrected chi connectivity index (χ2v) is 2.92. The minimum Gasteiger partial charge on any atom is -0.439 e. The summed E-state index contributed by atoms with van der Waals surface area (Å²) in [4.78, 5) is 22.9. The zero-order valence-electron chi connectivity index (χ0n) is 7.16. The Hall–Kier alpha value is -1.06. The lowest BCUT2D eigenvalue weighted by Crippen LogP contribution is -2.31. The Balaban J connectivity index is 2.31. The molecule has 4 heteroatoms. The number of hydrogen-bond acceptors (Lipinski definition) is 3. The van der Waals surface area contributed by atoms with E-state index in [1.54, 1.807) is 11.8 Å². The predicted octanol–water partition coefficient (Wildman–Crippen LogP) is 0.806. The zero-order chi connectivity index (χ0) is 8.97. The Morgan fingerprint density at radius 1 is 1.50 bits per heavy atom. The Labute approximate surface area is 71.5 Å². The molecule has 1 amide bonds. The van der Waals surface area contributed by atoms with E-state index in [9.17, 15) is 9.59 Å². The molecule has 1 saturated heterocycles. The Morgan fingerprint density at radius 3 is 2.58 bits per heavy atom. The third kappa shape index (κ3) is 2.22. The van der Waals surface area contributed by atoms with Crippen molar-refractivity contribution in [1.82, 2.24) is 4.90 Å². The number of likely N-dealkylation sites (tertiary alicyclic amines) is 1. The van der Waals surface area contributed by atoms with Gasteiger partial charge in [-0.2, -0.15) is 0 Å². The van der Waals surface area contributed by atoms with Crippen molar-refractivity contribution in [2.24, 2.45) is 0 Å². The number of amides is 1. The normalized spacial score (nSPS) is 18.9. The molecule has 0 aromatic rings. The van der Waals surface area contributed by atoms with Crippen LogP contribution in [0.5, 0.6) is 0 Å². The number of aldehydes is 1. The zero-order valence-corrected chi connectivity index (χ0v) is 7.16. The largest absolute Gasteiger partial charge is 0.439 e. The second-order valence-electron chi connectivity index (χ2n) is 2.92. The van der Waals surface area contributed by atoms with Crippen molar-refractivity contribution in [1.29, 1.82) is 0 Å². The van der Waals surface area contributed by atoms with Gasteiger partial charge in [0.25, 0.3) is 0 Å². The van der Waals surface area contributed by atoms with Crippen molar-refractivity contribution in [3.63, 3.8) is 0 Å². The number of ether oxygens (including phenoxy) is 1. The summed E-state index contributed by atoms with van der Waals surface area (Å²) in [5.41, 5.74) is 0. The molecule has 0 N–H and O–H groups in total. The summed E-state index contributed by atoms with van der Waals surface area (Å²) >= 11 is 0. The van der Waals surface area contributed by atoms with Crippen LogP contribution in [0.4, 0.5) is 4.79 Å². The third-order valence-electron chi connectivity index (χ3n) is 1.84. The van der Waals surface area contributed by atoms with Crippen LogP contribution < -0.4 is 0 Å². The number of nitrogens with zero attached hydrogens (tertiary/aromatic N) is 1. The van der Waals surface area contributed by atoms with Gasteiger partial charge in [-0.05, 0) is 19.8 Å². The summed E-state index contributed by atoms with van der Waals surface area (Å²) in [6.07, 6.45) is 1.69. The van der Waals surface area contributed by atoms with Crippen LogP contribution in [0.25, 0.3) is 0 Å². The van der Waals surface area contributed by atoms with Gasteiger partial charge in [-0.15, -0.1) is 0 Å². The molecule has 0 spiro atoms. The van der Waals surface area contributed by atoms with E-state index in [4.69, 9.17) is 4.74 Å². The van der Waals surface area contributed by atoms with E-state index < -0.39 is 6.10 Å². The first-order valence-electron chi connectivity index (χ1n) is 4.15. The molecule has 1 atom stereocenters. The molecular weight excluding hydrogens is 158 g/mol. The molecule has 68 valence electrons. The van der Waals surface area contributed by atoms with E-state index in [0.717, 1.165) is 25.9 Å². The van der Waals surface area contributed by atoms with Gasteiger partial charge in [0.2, 0.25) is 0 Å². The first kappa shape index (κ1) is 9.03. The highest BCUT2D eigenvalue weighted by molar-refractivity contribution is 5.71. The maximum Gasteiger partial charge on any atom is 0.410 e. The molecule has 12 heavy (non-hydrogen) atoms. The number of carbonyl (C=O) groups excluding carboxylic acids is 2. The highest BCUT2D eigenvalue weighted by Crippen LogP contribution is 2.09. The first-order valence-corrected chi connectivity index (χ1v) is 4.15. The average molecular weight is 171 g/mol. The minimum atomic E-state index is -0.627. The smallest absolute Gasteiger partial charge is 0.410 e. The molecule has 0 radical (unpaired) electrons. The summed E-state index contributed by atoms with van der Waals surface area (Å²) in [6, 6.07) is 0. The van der Waals surface area contributed by atoms with Gasteiger partial charge >= 0.3 is 6.09 Å². The van der Waals surface area contributed by atoms with Crippen LogP contribution in [-0.2, 0) is 9.53 Å². The number of rotatable bonds is 2. The van der Waals surface area contributed by atoms with Crippen molar-refractivity contribution >= 4 is 12.4 Å². The quantitative estimate of drug-likeness (QED) is 0.577. The molecule has 1 unspecified atom stereocenters. The number of hydrogen-bond donors (Lipinski definition) is 0. The van der Waals surface area contributed by atoms with Crippen molar-refractivity contribution < 1.29 is 14.3 Å². The third-order valence-corrected chi connectivity index (χ3v) is 1.84. The molecule has 4 nitrogen and oxygen atoms in total. The average Bonchev–Trinajstić information content (AvgIpc) is 2.56. The van der Waals surface area contributed by atoms with Gasteiger partial charge in [-0.1, -0.05) is 0 Å². The maximum atomic E-state index is 11.2. The van der Waals surface area contributed by atoms with E-state index in [1.165, 1.54) is 0 Å². The summed E-state index contributed by atoms with van der Waals surface area (Å²) in [5.74, 6) is 0. The highest BCUT2D eigenvalue weighted by atomic mass is 16.6. The van der Waals surface area contributed by atoms with Crippen molar-refractivity contribution in [3.8, 4) is 0 Å². The lowest BCUT2D eigenvalue weighted by molar-refractivity contribution is -0.114. The van der Waals surface area contributed by atoms with Crippen LogP contribution in [-0.4, -0.2) is 36.5 Å². The van der Waals surface area contributed by atoms with Crippen LogP contribution in [0.3, 0.4) is 0 Å². The van der Waals surface area contributed by atoms with Crippen LogP contribution in [0, 0.1) is 0 Å². The summed E-state index contributed by atoms with van der Waals surface area (Å²) in [7, 11) is 0. The molecular formula is C8H13NO3. The van der Waals surface area contributed by atoms with E-state index in [-0.39, 0.29) is 6.09 Å². The van der Waals surface area contributed by atoms with E-state index in [0.29, 0.717) is 6.29 Å². The SMILES string of the molecule is CC(C=O)OC(=O)N1CCCC1. The van der Waals surface area contributed by atoms with Gasteiger partial charge in [0.15, 0.2) is 12.4 Å². The van der Waals surface area contributed by atoms with Gasteiger partial charge in [-0.3, -0.25) is 4.79 Å². The van der Waals surface area contributed by atoms with E-state index in [2.05, 4.69) is 0 Å². The van der Waals surface area contributed by atoms with Gasteiger partial charge in [-0.25, -0.2) is 4.79 Å². The Bertz CT molecular complexity index is 175. The fourth-order valence-corrected chi connectivity index (χ4v) is 1.16. The lowest BCUT2D eigenvalue weighted by atomic mass is 10.4. The van der Waals surface area contributed by atoms with E-state index >= 15 is 0 Å². The topological polar surface area (TPSA) is 46.6 Å². The predicted molar refractivity (Wildman–Crippen MR) is 42.8 cm³/mol. The Morgan fingerprint density at radius 2 is 2.08 bits per heavy atom. The summed E-state index contributed by atoms with van der Waals surface area (Å²) < 4.78 is 4.80. The summed E-state index contributed by atoms with van der Waals surface area (Å²) in [5, 5.41) is 0. The molecule has 0 aromatic heterocycles. The van der Waals surface area contributed by atoms with Gasteiger partial charge < -0.3 is 9.64 Å². The fourth-order valence-electron chi connectivity index (χ4n) is 1.16. The standard InChI is InChI=1S/C8H13NO3/c1-7(6-10)12-8(11)9-4-2-3-5-9/h6-7H,2-5H2,1H3. The molecule has 0 saturated carbocycles. The molecule has 1 fully saturated rings. The van der Waals surface area contributed by atoms with Crippen molar-refractivity contribution in [2.75, 3.05) is 13.1 Å². The second kappa shape index (κ2) is 4.09. The van der Waals surface area contributed by atoms with Gasteiger partial charge in [0, 0.05) is 13.1 Å². The van der Waals surface area contributed by atoms with Crippen molar-refractivity contribution in [3.05, 3.63) is 0 Å². The molecule has 1 rings (SSSR count). The van der Waals surface area contributed by atoms with Gasteiger partial charge in [0.05, 0.1) is 0 Å². The molecule has 0 aliphatic carbocycles.